The number of carbonyl (C=O) groups excluding carboxylic acids is 1. The molecule has 2 nitrogen and oxygen atoms in total. The second-order valence-electron chi connectivity index (χ2n) is 5.33. The van der Waals surface area contributed by atoms with Gasteiger partial charge in [0, 0.05) is 16.1 Å². The SMILES string of the molecule is CC(C)CCCC(C)NC(=O)c1ccc(Cl)c(Br)c1. The van der Waals surface area contributed by atoms with Crippen LogP contribution >= 0.6 is 27.5 Å². The summed E-state index contributed by atoms with van der Waals surface area (Å²) in [7, 11) is 0. The number of carbonyl (C=O) groups is 1. The Labute approximate surface area is 129 Å². The predicted molar refractivity (Wildman–Crippen MR) is 84.8 cm³/mol. The lowest BCUT2D eigenvalue weighted by molar-refractivity contribution is 0.0937. The molecule has 0 aliphatic heterocycles. The van der Waals surface area contributed by atoms with E-state index in [9.17, 15) is 4.79 Å². The Morgan fingerprint density at radius 2 is 2.00 bits per heavy atom. The van der Waals surface area contributed by atoms with Crippen LogP contribution < -0.4 is 5.32 Å². The van der Waals surface area contributed by atoms with Crippen LogP contribution in [-0.2, 0) is 0 Å². The van der Waals surface area contributed by atoms with Gasteiger partial charge in [0.15, 0.2) is 0 Å². The number of halogens is 2. The van der Waals surface area contributed by atoms with Crippen molar-refractivity contribution in [2.75, 3.05) is 0 Å². The van der Waals surface area contributed by atoms with Gasteiger partial charge in [0.05, 0.1) is 5.02 Å². The van der Waals surface area contributed by atoms with Crippen LogP contribution in [0.4, 0.5) is 0 Å². The lowest BCUT2D eigenvalue weighted by Crippen LogP contribution is -2.32. The lowest BCUT2D eigenvalue weighted by Gasteiger charge is -2.14. The molecule has 1 rings (SSSR count). The highest BCUT2D eigenvalue weighted by Gasteiger charge is 2.11. The average molecular weight is 347 g/mol. The predicted octanol–water partition coefficient (Wildman–Crippen LogP) is 5.05. The van der Waals surface area contributed by atoms with E-state index in [0.717, 1.165) is 23.2 Å². The van der Waals surface area contributed by atoms with Gasteiger partial charge in [0.1, 0.15) is 0 Å². The van der Waals surface area contributed by atoms with Crippen LogP contribution in [-0.4, -0.2) is 11.9 Å². The molecule has 1 aromatic rings. The summed E-state index contributed by atoms with van der Waals surface area (Å²) < 4.78 is 0.745. The van der Waals surface area contributed by atoms with Crippen LogP contribution in [0.25, 0.3) is 0 Å². The fourth-order valence-corrected chi connectivity index (χ4v) is 2.35. The molecule has 19 heavy (non-hydrogen) atoms. The molecule has 1 aromatic carbocycles. The molecule has 0 aromatic heterocycles. The van der Waals surface area contributed by atoms with Crippen LogP contribution in [0, 0.1) is 5.92 Å². The summed E-state index contributed by atoms with van der Waals surface area (Å²) in [5.74, 6) is 0.671. The molecule has 0 spiro atoms. The number of hydrogen-bond donors (Lipinski definition) is 1. The Hall–Kier alpha value is -0.540. The standard InChI is InChI=1S/C15H21BrClNO/c1-10(2)5-4-6-11(3)18-15(19)12-7-8-14(17)13(16)9-12/h7-11H,4-6H2,1-3H3,(H,18,19). The molecule has 0 saturated carbocycles. The molecule has 0 aliphatic rings. The normalized spacial score (nSPS) is 12.5. The van der Waals surface area contributed by atoms with Crippen molar-refractivity contribution in [3.8, 4) is 0 Å². The van der Waals surface area contributed by atoms with E-state index in [2.05, 4.69) is 35.1 Å². The average Bonchev–Trinajstić information content (AvgIpc) is 2.32. The number of nitrogens with one attached hydrogen (secondary N) is 1. The molecule has 0 radical (unpaired) electrons. The highest BCUT2D eigenvalue weighted by molar-refractivity contribution is 9.10. The van der Waals surface area contributed by atoms with E-state index in [1.807, 2.05) is 6.92 Å². The summed E-state index contributed by atoms with van der Waals surface area (Å²) in [6.07, 6.45) is 3.36. The first-order chi connectivity index (χ1) is 8.90. The molecule has 1 N–H and O–H groups in total. The summed E-state index contributed by atoms with van der Waals surface area (Å²) >= 11 is 9.24. The molecule has 0 saturated heterocycles. The van der Waals surface area contributed by atoms with E-state index in [-0.39, 0.29) is 11.9 Å². The molecule has 0 bridgehead atoms. The van der Waals surface area contributed by atoms with Crippen LogP contribution in [0.3, 0.4) is 0 Å². The minimum absolute atomic E-state index is 0.0468. The summed E-state index contributed by atoms with van der Waals surface area (Å²) in [5, 5.41) is 3.63. The Morgan fingerprint density at radius 3 is 2.58 bits per heavy atom. The highest BCUT2D eigenvalue weighted by Crippen LogP contribution is 2.23. The molecule has 4 heteroatoms. The maximum atomic E-state index is 12.0. The van der Waals surface area contributed by atoms with Crippen molar-refractivity contribution in [3.05, 3.63) is 33.3 Å². The van der Waals surface area contributed by atoms with E-state index in [1.165, 1.54) is 6.42 Å². The fourth-order valence-electron chi connectivity index (χ4n) is 1.85. The molecule has 0 fully saturated rings. The van der Waals surface area contributed by atoms with Crippen molar-refractivity contribution < 1.29 is 4.79 Å². The number of benzene rings is 1. The monoisotopic (exact) mass is 345 g/mol. The summed E-state index contributed by atoms with van der Waals surface area (Å²) in [5.41, 5.74) is 0.631. The number of rotatable bonds is 6. The van der Waals surface area contributed by atoms with Gasteiger partial charge >= 0.3 is 0 Å². The van der Waals surface area contributed by atoms with Crippen molar-refractivity contribution in [2.24, 2.45) is 5.92 Å². The molecular weight excluding hydrogens is 326 g/mol. The van der Waals surface area contributed by atoms with Crippen molar-refractivity contribution >= 4 is 33.4 Å². The van der Waals surface area contributed by atoms with Crippen molar-refractivity contribution in [3.63, 3.8) is 0 Å². The van der Waals surface area contributed by atoms with Crippen molar-refractivity contribution in [2.45, 2.75) is 46.1 Å². The van der Waals surface area contributed by atoms with Crippen LogP contribution in [0.15, 0.2) is 22.7 Å². The quantitative estimate of drug-likeness (QED) is 0.767. The third-order valence-electron chi connectivity index (χ3n) is 2.98. The first-order valence-electron chi connectivity index (χ1n) is 6.66. The highest BCUT2D eigenvalue weighted by atomic mass is 79.9. The molecule has 1 amide bonds. The zero-order valence-electron chi connectivity index (χ0n) is 11.7. The molecule has 106 valence electrons. The van der Waals surface area contributed by atoms with Gasteiger partial charge in [-0.05, 0) is 53.4 Å². The third kappa shape index (κ3) is 5.96. The van der Waals surface area contributed by atoms with Gasteiger partial charge in [-0.1, -0.05) is 38.3 Å². The third-order valence-corrected chi connectivity index (χ3v) is 4.19. The van der Waals surface area contributed by atoms with E-state index in [0.29, 0.717) is 10.6 Å². The molecule has 1 unspecified atom stereocenters. The summed E-state index contributed by atoms with van der Waals surface area (Å²) in [6.45, 7) is 6.48. The maximum absolute atomic E-state index is 12.0. The Morgan fingerprint density at radius 1 is 1.32 bits per heavy atom. The zero-order chi connectivity index (χ0) is 14.4. The van der Waals surface area contributed by atoms with Gasteiger partial charge in [-0.25, -0.2) is 0 Å². The van der Waals surface area contributed by atoms with Gasteiger partial charge in [-0.2, -0.15) is 0 Å². The first kappa shape index (κ1) is 16.5. The molecule has 1 atom stereocenters. The minimum Gasteiger partial charge on any atom is -0.350 e. The van der Waals surface area contributed by atoms with Gasteiger partial charge in [0.25, 0.3) is 5.91 Å². The van der Waals surface area contributed by atoms with Crippen molar-refractivity contribution in [1.29, 1.82) is 0 Å². The van der Waals surface area contributed by atoms with Gasteiger partial charge < -0.3 is 5.32 Å². The van der Waals surface area contributed by atoms with Gasteiger partial charge in [-0.3, -0.25) is 4.79 Å². The van der Waals surface area contributed by atoms with E-state index in [4.69, 9.17) is 11.6 Å². The van der Waals surface area contributed by atoms with Gasteiger partial charge in [0.2, 0.25) is 0 Å². The fraction of sp³-hybridized carbons (Fsp3) is 0.533. The second kappa shape index (κ2) is 7.91. The summed E-state index contributed by atoms with van der Waals surface area (Å²) in [6, 6.07) is 5.41. The topological polar surface area (TPSA) is 29.1 Å². The first-order valence-corrected chi connectivity index (χ1v) is 7.83. The lowest BCUT2D eigenvalue weighted by atomic mass is 10.0. The summed E-state index contributed by atoms with van der Waals surface area (Å²) in [4.78, 5) is 12.0. The Kier molecular flexibility index (Phi) is 6.87. The minimum atomic E-state index is -0.0468. The van der Waals surface area contributed by atoms with Crippen LogP contribution in [0.1, 0.15) is 50.4 Å². The molecule has 0 heterocycles. The number of amides is 1. The van der Waals surface area contributed by atoms with Crippen LogP contribution in [0.2, 0.25) is 5.02 Å². The Bertz CT molecular complexity index is 434. The second-order valence-corrected chi connectivity index (χ2v) is 6.59. The number of hydrogen-bond acceptors (Lipinski definition) is 1. The van der Waals surface area contributed by atoms with Crippen molar-refractivity contribution in [1.82, 2.24) is 5.32 Å². The van der Waals surface area contributed by atoms with Gasteiger partial charge in [-0.15, -0.1) is 0 Å². The smallest absolute Gasteiger partial charge is 0.251 e. The maximum Gasteiger partial charge on any atom is 0.251 e. The zero-order valence-corrected chi connectivity index (χ0v) is 14.0. The van der Waals surface area contributed by atoms with Crippen LogP contribution in [0.5, 0.6) is 0 Å². The molecule has 0 aliphatic carbocycles. The van der Waals surface area contributed by atoms with E-state index < -0.39 is 0 Å². The van der Waals surface area contributed by atoms with E-state index in [1.54, 1.807) is 18.2 Å². The molecular formula is C15H21BrClNO. The largest absolute Gasteiger partial charge is 0.350 e. The van der Waals surface area contributed by atoms with E-state index >= 15 is 0 Å². The Balaban J connectivity index is 2.47.